The molecule has 0 N–H and O–H groups in total. The van der Waals surface area contributed by atoms with Crippen LogP contribution in [0.3, 0.4) is 0 Å². The average Bonchev–Trinajstić information content (AvgIpc) is 2.13. The van der Waals surface area contributed by atoms with Crippen molar-refractivity contribution in [1.82, 2.24) is 5.06 Å². The van der Waals surface area contributed by atoms with Gasteiger partial charge in [0.25, 0.3) is 0 Å². The fourth-order valence-electron chi connectivity index (χ4n) is 2.08. The van der Waals surface area contributed by atoms with Crippen molar-refractivity contribution in [1.29, 1.82) is 0 Å². The SMILES string of the molecule is CC1CC(C(=O)N2CCCCO2)C1. The molecule has 0 unspecified atom stereocenters. The fourth-order valence-corrected chi connectivity index (χ4v) is 2.08. The van der Waals surface area contributed by atoms with E-state index in [9.17, 15) is 4.79 Å². The second-order valence-electron chi connectivity index (χ2n) is 4.25. The Labute approximate surface area is 79.0 Å². The van der Waals surface area contributed by atoms with Crippen molar-refractivity contribution in [3.63, 3.8) is 0 Å². The minimum atomic E-state index is 0.220. The minimum absolute atomic E-state index is 0.220. The lowest BCUT2D eigenvalue weighted by molar-refractivity contribution is -0.204. The fraction of sp³-hybridized carbons (Fsp3) is 0.900. The Morgan fingerprint density at radius 1 is 1.38 bits per heavy atom. The normalized spacial score (nSPS) is 34.1. The quantitative estimate of drug-likeness (QED) is 0.617. The monoisotopic (exact) mass is 183 g/mol. The van der Waals surface area contributed by atoms with Crippen LogP contribution in [0.5, 0.6) is 0 Å². The molecular formula is C10H17NO2. The zero-order valence-corrected chi connectivity index (χ0v) is 8.16. The molecular weight excluding hydrogens is 166 g/mol. The molecule has 0 aromatic heterocycles. The predicted octanol–water partition coefficient (Wildman–Crippen LogP) is 1.59. The zero-order chi connectivity index (χ0) is 9.26. The van der Waals surface area contributed by atoms with Gasteiger partial charge in [0.1, 0.15) is 0 Å². The van der Waals surface area contributed by atoms with E-state index in [4.69, 9.17) is 4.84 Å². The minimum Gasteiger partial charge on any atom is -0.272 e. The zero-order valence-electron chi connectivity index (χ0n) is 8.16. The molecule has 3 nitrogen and oxygen atoms in total. The molecule has 1 saturated heterocycles. The predicted molar refractivity (Wildman–Crippen MR) is 48.8 cm³/mol. The molecule has 0 aromatic rings. The number of hydrogen-bond donors (Lipinski definition) is 0. The van der Waals surface area contributed by atoms with Crippen LogP contribution < -0.4 is 0 Å². The van der Waals surface area contributed by atoms with E-state index in [1.54, 1.807) is 5.06 Å². The number of amides is 1. The second-order valence-corrected chi connectivity index (χ2v) is 4.25. The highest BCUT2D eigenvalue weighted by Crippen LogP contribution is 2.34. The summed E-state index contributed by atoms with van der Waals surface area (Å²) in [6, 6.07) is 0. The van der Waals surface area contributed by atoms with Crippen LogP contribution in [-0.2, 0) is 9.63 Å². The van der Waals surface area contributed by atoms with Gasteiger partial charge in [-0.05, 0) is 31.6 Å². The highest BCUT2D eigenvalue weighted by molar-refractivity contribution is 5.78. The van der Waals surface area contributed by atoms with Gasteiger partial charge in [0.05, 0.1) is 6.61 Å². The topological polar surface area (TPSA) is 29.5 Å². The summed E-state index contributed by atoms with van der Waals surface area (Å²) in [7, 11) is 0. The molecule has 1 amide bonds. The lowest BCUT2D eigenvalue weighted by atomic mass is 9.75. The van der Waals surface area contributed by atoms with Gasteiger partial charge in [-0.2, -0.15) is 0 Å². The van der Waals surface area contributed by atoms with E-state index in [2.05, 4.69) is 6.92 Å². The lowest BCUT2D eigenvalue weighted by Gasteiger charge is -2.36. The summed E-state index contributed by atoms with van der Waals surface area (Å²) in [5, 5.41) is 1.58. The molecule has 1 heterocycles. The molecule has 0 spiro atoms. The summed E-state index contributed by atoms with van der Waals surface area (Å²) in [6.07, 6.45) is 4.29. The number of rotatable bonds is 1. The Hall–Kier alpha value is -0.570. The molecule has 0 bridgehead atoms. The number of hydrogen-bond acceptors (Lipinski definition) is 2. The maximum absolute atomic E-state index is 11.7. The number of carbonyl (C=O) groups excluding carboxylic acids is 1. The van der Waals surface area contributed by atoms with Crippen molar-refractivity contribution in [3.05, 3.63) is 0 Å². The van der Waals surface area contributed by atoms with Crippen LogP contribution >= 0.6 is 0 Å². The molecule has 3 heteroatoms. The molecule has 2 aliphatic rings. The van der Waals surface area contributed by atoms with Gasteiger partial charge in [0, 0.05) is 12.5 Å². The maximum Gasteiger partial charge on any atom is 0.249 e. The lowest BCUT2D eigenvalue weighted by Crippen LogP contribution is -2.43. The smallest absolute Gasteiger partial charge is 0.249 e. The number of carbonyl (C=O) groups is 1. The summed E-state index contributed by atoms with van der Waals surface area (Å²) in [6.45, 7) is 3.71. The molecule has 0 atom stereocenters. The average molecular weight is 183 g/mol. The second kappa shape index (κ2) is 3.66. The van der Waals surface area contributed by atoms with Gasteiger partial charge < -0.3 is 0 Å². The Morgan fingerprint density at radius 3 is 2.69 bits per heavy atom. The van der Waals surface area contributed by atoms with E-state index < -0.39 is 0 Å². The van der Waals surface area contributed by atoms with Gasteiger partial charge in [-0.15, -0.1) is 0 Å². The van der Waals surface area contributed by atoms with Gasteiger partial charge in [-0.25, -0.2) is 5.06 Å². The standard InChI is InChI=1S/C10H17NO2/c1-8-6-9(7-8)10(12)11-4-2-3-5-13-11/h8-9H,2-7H2,1H3. The highest BCUT2D eigenvalue weighted by atomic mass is 16.7. The van der Waals surface area contributed by atoms with Gasteiger partial charge in [0.2, 0.25) is 5.91 Å². The van der Waals surface area contributed by atoms with E-state index in [1.165, 1.54) is 0 Å². The number of hydroxylamine groups is 2. The van der Waals surface area contributed by atoms with Crippen LogP contribution in [0.1, 0.15) is 32.6 Å². The summed E-state index contributed by atoms with van der Waals surface area (Å²) < 4.78 is 0. The summed E-state index contributed by atoms with van der Waals surface area (Å²) in [5.74, 6) is 1.21. The molecule has 0 aromatic carbocycles. The van der Waals surface area contributed by atoms with Crippen molar-refractivity contribution in [3.8, 4) is 0 Å². The van der Waals surface area contributed by atoms with Gasteiger partial charge in [0.15, 0.2) is 0 Å². The molecule has 1 aliphatic heterocycles. The van der Waals surface area contributed by atoms with Crippen LogP contribution in [0.15, 0.2) is 0 Å². The molecule has 1 aliphatic carbocycles. The van der Waals surface area contributed by atoms with Crippen molar-refractivity contribution in [2.75, 3.05) is 13.2 Å². The Morgan fingerprint density at radius 2 is 2.15 bits per heavy atom. The maximum atomic E-state index is 11.7. The van der Waals surface area contributed by atoms with E-state index in [-0.39, 0.29) is 11.8 Å². The largest absolute Gasteiger partial charge is 0.272 e. The van der Waals surface area contributed by atoms with Crippen LogP contribution in [0.4, 0.5) is 0 Å². The first kappa shape index (κ1) is 9.00. The van der Waals surface area contributed by atoms with Crippen molar-refractivity contribution in [2.45, 2.75) is 32.6 Å². The van der Waals surface area contributed by atoms with Crippen LogP contribution in [0.2, 0.25) is 0 Å². The summed E-state index contributed by atoms with van der Waals surface area (Å²) in [4.78, 5) is 17.0. The molecule has 0 radical (unpaired) electrons. The third kappa shape index (κ3) is 1.85. The van der Waals surface area contributed by atoms with E-state index >= 15 is 0 Å². The molecule has 2 rings (SSSR count). The third-order valence-electron chi connectivity index (χ3n) is 2.97. The van der Waals surface area contributed by atoms with Gasteiger partial charge in [-0.1, -0.05) is 6.92 Å². The summed E-state index contributed by atoms with van der Waals surface area (Å²) >= 11 is 0. The van der Waals surface area contributed by atoms with Crippen molar-refractivity contribution in [2.24, 2.45) is 11.8 Å². The van der Waals surface area contributed by atoms with Crippen molar-refractivity contribution < 1.29 is 9.63 Å². The first-order valence-electron chi connectivity index (χ1n) is 5.21. The molecule has 1 saturated carbocycles. The van der Waals surface area contributed by atoms with Crippen LogP contribution in [-0.4, -0.2) is 24.1 Å². The molecule has 2 fully saturated rings. The molecule has 13 heavy (non-hydrogen) atoms. The third-order valence-corrected chi connectivity index (χ3v) is 2.97. The van der Waals surface area contributed by atoms with E-state index in [0.717, 1.165) is 38.1 Å². The first-order valence-corrected chi connectivity index (χ1v) is 5.21. The number of nitrogens with zero attached hydrogens (tertiary/aromatic N) is 1. The Balaban J connectivity index is 1.82. The first-order chi connectivity index (χ1) is 6.27. The Bertz CT molecular complexity index is 193. The Kier molecular flexibility index (Phi) is 2.54. The van der Waals surface area contributed by atoms with Crippen molar-refractivity contribution >= 4 is 5.91 Å². The van der Waals surface area contributed by atoms with E-state index in [0.29, 0.717) is 6.61 Å². The molecule has 74 valence electrons. The van der Waals surface area contributed by atoms with Gasteiger partial charge >= 0.3 is 0 Å². The van der Waals surface area contributed by atoms with Crippen LogP contribution in [0.25, 0.3) is 0 Å². The van der Waals surface area contributed by atoms with E-state index in [1.807, 2.05) is 0 Å². The summed E-state index contributed by atoms with van der Waals surface area (Å²) in [5.41, 5.74) is 0. The highest BCUT2D eigenvalue weighted by Gasteiger charge is 2.35. The van der Waals surface area contributed by atoms with Crippen LogP contribution in [0, 0.1) is 11.8 Å². The van der Waals surface area contributed by atoms with Gasteiger partial charge in [-0.3, -0.25) is 9.63 Å².